The van der Waals surface area contributed by atoms with Crippen molar-refractivity contribution >= 4 is 34.9 Å². The second kappa shape index (κ2) is 9.43. The summed E-state index contributed by atoms with van der Waals surface area (Å²) in [6, 6.07) is 14.2. The van der Waals surface area contributed by atoms with Gasteiger partial charge in [0, 0.05) is 17.1 Å². The Morgan fingerprint density at radius 1 is 1.03 bits per heavy atom. The minimum Gasteiger partial charge on any atom is -0.497 e. The average molecular weight is 446 g/mol. The molecule has 4 aromatic rings. The van der Waals surface area contributed by atoms with Crippen LogP contribution in [0.3, 0.4) is 0 Å². The van der Waals surface area contributed by atoms with Crippen LogP contribution in [0, 0.1) is 5.82 Å². The molecule has 0 aliphatic rings. The molecular formula is C20H16FN3O2S3. The Morgan fingerprint density at radius 3 is 2.52 bits per heavy atom. The Kier molecular flexibility index (Phi) is 6.48. The number of oxazole rings is 1. The molecule has 2 aromatic heterocycles. The molecule has 0 radical (unpaired) electrons. The van der Waals surface area contributed by atoms with Gasteiger partial charge < -0.3 is 9.15 Å². The van der Waals surface area contributed by atoms with Crippen molar-refractivity contribution in [3.63, 3.8) is 0 Å². The molecule has 0 aliphatic heterocycles. The predicted molar refractivity (Wildman–Crippen MR) is 114 cm³/mol. The zero-order valence-electron chi connectivity index (χ0n) is 15.4. The molecule has 148 valence electrons. The first-order chi connectivity index (χ1) is 14.2. The highest BCUT2D eigenvalue weighted by atomic mass is 32.2. The molecule has 0 aliphatic carbocycles. The van der Waals surface area contributed by atoms with Gasteiger partial charge in [0.2, 0.25) is 5.89 Å². The molecular weight excluding hydrogens is 429 g/mol. The summed E-state index contributed by atoms with van der Waals surface area (Å²) >= 11 is 4.76. The van der Waals surface area contributed by atoms with Gasteiger partial charge in [-0.2, -0.15) is 0 Å². The van der Waals surface area contributed by atoms with Gasteiger partial charge in [-0.15, -0.1) is 10.2 Å². The van der Waals surface area contributed by atoms with E-state index >= 15 is 0 Å². The topological polar surface area (TPSA) is 61.0 Å². The maximum atomic E-state index is 13.3. The van der Waals surface area contributed by atoms with Crippen molar-refractivity contribution in [2.24, 2.45) is 0 Å². The first-order valence-electron chi connectivity index (χ1n) is 8.62. The maximum absolute atomic E-state index is 13.3. The van der Waals surface area contributed by atoms with Crippen molar-refractivity contribution in [2.45, 2.75) is 20.2 Å². The summed E-state index contributed by atoms with van der Waals surface area (Å²) in [6.07, 6.45) is 1.59. The zero-order valence-corrected chi connectivity index (χ0v) is 17.8. The molecule has 2 aromatic carbocycles. The summed E-state index contributed by atoms with van der Waals surface area (Å²) in [5.74, 6) is 2.38. The van der Waals surface area contributed by atoms with Crippen molar-refractivity contribution in [1.29, 1.82) is 0 Å². The Hall–Kier alpha value is -2.36. The molecule has 0 unspecified atom stereocenters. The van der Waals surface area contributed by atoms with E-state index in [4.69, 9.17) is 9.15 Å². The van der Waals surface area contributed by atoms with Crippen molar-refractivity contribution in [3.05, 3.63) is 71.9 Å². The number of aromatic nitrogens is 3. The van der Waals surface area contributed by atoms with Gasteiger partial charge in [0.1, 0.15) is 17.8 Å². The first kappa shape index (κ1) is 19.9. The highest BCUT2D eigenvalue weighted by molar-refractivity contribution is 8.02. The lowest BCUT2D eigenvalue weighted by atomic mass is 10.2. The van der Waals surface area contributed by atoms with Crippen LogP contribution in [0.15, 0.2) is 67.9 Å². The van der Waals surface area contributed by atoms with Gasteiger partial charge >= 0.3 is 0 Å². The maximum Gasteiger partial charge on any atom is 0.226 e. The lowest BCUT2D eigenvalue weighted by Gasteiger charge is -2.01. The van der Waals surface area contributed by atoms with Crippen molar-refractivity contribution in [1.82, 2.24) is 15.2 Å². The van der Waals surface area contributed by atoms with Gasteiger partial charge in [-0.25, -0.2) is 9.37 Å². The summed E-state index contributed by atoms with van der Waals surface area (Å²) in [6.45, 7) is 0. The summed E-state index contributed by atoms with van der Waals surface area (Å²) in [7, 11) is 1.66. The number of benzene rings is 2. The predicted octanol–water partition coefficient (Wildman–Crippen LogP) is 5.93. The van der Waals surface area contributed by atoms with E-state index in [-0.39, 0.29) is 5.82 Å². The summed E-state index contributed by atoms with van der Waals surface area (Å²) < 4.78 is 25.8. The number of thioether (sulfide) groups is 2. The molecule has 4 rings (SSSR count). The molecule has 5 nitrogen and oxygen atoms in total. The fourth-order valence-corrected chi connectivity index (χ4v) is 5.30. The summed E-state index contributed by atoms with van der Waals surface area (Å²) in [5, 5.41) is 8.47. The molecule has 0 fully saturated rings. The van der Waals surface area contributed by atoms with Crippen LogP contribution in [0.25, 0.3) is 11.5 Å². The Bertz CT molecular complexity index is 1080. The SMILES string of the molecule is COc1ccc(CSc2nnc(SCc3coc(-c4cccc(F)c4)n3)s2)cc1. The van der Waals surface area contributed by atoms with E-state index in [2.05, 4.69) is 15.2 Å². The molecule has 2 heterocycles. The van der Waals surface area contributed by atoms with Crippen molar-refractivity contribution < 1.29 is 13.5 Å². The average Bonchev–Trinajstić information content (AvgIpc) is 3.41. The number of methoxy groups -OCH3 is 1. The molecule has 0 bridgehead atoms. The van der Waals surface area contributed by atoms with Crippen molar-refractivity contribution in [3.8, 4) is 17.2 Å². The minimum absolute atomic E-state index is 0.315. The fourth-order valence-electron chi connectivity index (χ4n) is 2.44. The number of halogens is 1. The quantitative estimate of drug-likeness (QED) is 0.312. The van der Waals surface area contributed by atoms with E-state index in [1.165, 1.54) is 17.7 Å². The van der Waals surface area contributed by atoms with Crippen molar-refractivity contribution in [2.75, 3.05) is 7.11 Å². The fraction of sp³-hybridized carbons (Fsp3) is 0.150. The molecule has 0 amide bonds. The van der Waals surface area contributed by atoms with Crippen LogP contribution in [-0.2, 0) is 11.5 Å². The standard InChI is InChI=1S/C20H16FN3O2S3/c1-25-17-7-5-13(6-8-17)11-27-19-23-24-20(29-19)28-12-16-10-26-18(22-16)14-3-2-4-15(21)9-14/h2-10H,11-12H2,1H3. The third-order valence-electron chi connectivity index (χ3n) is 3.88. The highest BCUT2D eigenvalue weighted by Gasteiger charge is 2.11. The highest BCUT2D eigenvalue weighted by Crippen LogP contribution is 2.32. The number of nitrogens with zero attached hydrogens (tertiary/aromatic N) is 3. The third kappa shape index (κ3) is 5.37. The van der Waals surface area contributed by atoms with Gasteiger partial charge in [0.15, 0.2) is 8.68 Å². The van der Waals surface area contributed by atoms with Gasteiger partial charge in [-0.3, -0.25) is 0 Å². The van der Waals surface area contributed by atoms with Gasteiger partial charge in [0.05, 0.1) is 12.8 Å². The summed E-state index contributed by atoms with van der Waals surface area (Å²) in [5.41, 5.74) is 2.60. The summed E-state index contributed by atoms with van der Waals surface area (Å²) in [4.78, 5) is 4.42. The smallest absolute Gasteiger partial charge is 0.226 e. The normalized spacial score (nSPS) is 11.0. The molecule has 0 spiro atoms. The van der Waals surface area contributed by atoms with E-state index in [1.54, 1.807) is 60.4 Å². The Morgan fingerprint density at radius 2 is 1.79 bits per heavy atom. The lowest BCUT2D eigenvalue weighted by molar-refractivity contribution is 0.414. The van der Waals surface area contributed by atoms with Gasteiger partial charge in [-0.1, -0.05) is 53.1 Å². The monoisotopic (exact) mass is 445 g/mol. The molecule has 0 atom stereocenters. The number of hydrogen-bond acceptors (Lipinski definition) is 8. The van der Waals surface area contributed by atoms with E-state index in [1.807, 2.05) is 24.3 Å². The van der Waals surface area contributed by atoms with Crippen LogP contribution in [0.2, 0.25) is 0 Å². The second-order valence-electron chi connectivity index (χ2n) is 5.91. The van der Waals surface area contributed by atoms with Crippen LogP contribution in [0.5, 0.6) is 5.75 Å². The largest absolute Gasteiger partial charge is 0.497 e. The molecule has 9 heteroatoms. The van der Waals surface area contributed by atoms with E-state index in [9.17, 15) is 4.39 Å². The van der Waals surface area contributed by atoms with Crippen LogP contribution in [0.1, 0.15) is 11.3 Å². The van der Waals surface area contributed by atoms with E-state index < -0.39 is 0 Å². The van der Waals surface area contributed by atoms with Crippen LogP contribution < -0.4 is 4.74 Å². The Balaban J connectivity index is 1.30. The first-order valence-corrected chi connectivity index (χ1v) is 11.4. The lowest BCUT2D eigenvalue weighted by Crippen LogP contribution is -1.84. The molecule has 0 saturated carbocycles. The van der Waals surface area contributed by atoms with Crippen LogP contribution in [0.4, 0.5) is 4.39 Å². The minimum atomic E-state index is -0.315. The Labute approximate surface area is 179 Å². The molecule has 0 N–H and O–H groups in total. The number of ether oxygens (including phenoxy) is 1. The van der Waals surface area contributed by atoms with E-state index in [0.29, 0.717) is 17.2 Å². The van der Waals surface area contributed by atoms with E-state index in [0.717, 1.165) is 25.9 Å². The van der Waals surface area contributed by atoms with Crippen LogP contribution in [-0.4, -0.2) is 22.3 Å². The van der Waals surface area contributed by atoms with Crippen LogP contribution >= 0.6 is 34.9 Å². The zero-order chi connectivity index (χ0) is 20.1. The molecule has 0 saturated heterocycles. The van der Waals surface area contributed by atoms with Gasteiger partial charge in [-0.05, 0) is 35.9 Å². The number of hydrogen-bond donors (Lipinski definition) is 0. The third-order valence-corrected chi connectivity index (χ3v) is 7.17. The molecule has 29 heavy (non-hydrogen) atoms. The second-order valence-corrected chi connectivity index (χ2v) is 9.34. The number of rotatable bonds is 8. The van der Waals surface area contributed by atoms with Gasteiger partial charge in [0.25, 0.3) is 0 Å².